The number of nitrogens with zero attached hydrogens (tertiary/aromatic N) is 2. The molecule has 0 radical (unpaired) electrons. The Hall–Kier alpha value is -1.68. The molecule has 0 saturated carbocycles. The molecule has 1 aromatic carbocycles. The van der Waals surface area contributed by atoms with Crippen molar-refractivity contribution in [1.82, 2.24) is 9.78 Å². The highest BCUT2D eigenvalue weighted by Gasteiger charge is 2.10. The van der Waals surface area contributed by atoms with Crippen LogP contribution < -0.4 is 5.73 Å². The largest absolute Gasteiger partial charge is 0.324 e. The van der Waals surface area contributed by atoms with E-state index in [4.69, 9.17) is 5.73 Å². The number of hydrogen-bond acceptors (Lipinski definition) is 2. The second kappa shape index (κ2) is 4.06. The minimum atomic E-state index is -0.265. The lowest BCUT2D eigenvalue weighted by Crippen LogP contribution is -2.05. The lowest BCUT2D eigenvalue weighted by molar-refractivity contribution is 0.622. The molecule has 0 fully saturated rings. The molecular formula is C12H14FN3. The van der Waals surface area contributed by atoms with E-state index >= 15 is 0 Å². The summed E-state index contributed by atoms with van der Waals surface area (Å²) in [5, 5.41) is 4.02. The standard InChI is InChI=1S/C12H14FN3/c1-8(14)9-3-4-10(11(13)7-9)12-5-6-15-16(12)2/h3-8H,14H2,1-2H3/t8-/m0/s1. The minimum Gasteiger partial charge on any atom is -0.324 e. The summed E-state index contributed by atoms with van der Waals surface area (Å²) in [6.07, 6.45) is 1.65. The topological polar surface area (TPSA) is 43.8 Å². The molecule has 2 rings (SSSR count). The molecule has 0 spiro atoms. The second-order valence-electron chi connectivity index (χ2n) is 3.87. The average Bonchev–Trinajstić information content (AvgIpc) is 2.64. The highest BCUT2D eigenvalue weighted by molar-refractivity contribution is 5.60. The third kappa shape index (κ3) is 1.84. The Morgan fingerprint density at radius 1 is 1.38 bits per heavy atom. The number of nitrogens with two attached hydrogens (primary N) is 1. The van der Waals surface area contributed by atoms with Crippen LogP contribution in [0.5, 0.6) is 0 Å². The molecule has 1 atom stereocenters. The van der Waals surface area contributed by atoms with Crippen molar-refractivity contribution >= 4 is 0 Å². The zero-order chi connectivity index (χ0) is 11.7. The number of halogens is 1. The summed E-state index contributed by atoms with van der Waals surface area (Å²) in [7, 11) is 1.79. The van der Waals surface area contributed by atoms with Gasteiger partial charge in [-0.2, -0.15) is 5.10 Å². The maximum absolute atomic E-state index is 13.9. The molecular weight excluding hydrogens is 205 g/mol. The van der Waals surface area contributed by atoms with E-state index in [9.17, 15) is 4.39 Å². The Labute approximate surface area is 93.7 Å². The van der Waals surface area contributed by atoms with Gasteiger partial charge in [0.15, 0.2) is 0 Å². The Balaban J connectivity index is 2.48. The van der Waals surface area contributed by atoms with Gasteiger partial charge >= 0.3 is 0 Å². The molecule has 0 unspecified atom stereocenters. The molecule has 0 bridgehead atoms. The Bertz CT molecular complexity index is 503. The number of rotatable bonds is 2. The molecule has 0 aliphatic rings. The summed E-state index contributed by atoms with van der Waals surface area (Å²) in [5.74, 6) is -0.265. The number of aryl methyl sites for hydroxylation is 1. The Kier molecular flexibility index (Phi) is 2.75. The fourth-order valence-electron chi connectivity index (χ4n) is 1.66. The number of hydrogen-bond donors (Lipinski definition) is 1. The normalized spacial score (nSPS) is 12.8. The molecule has 2 aromatic rings. The molecule has 16 heavy (non-hydrogen) atoms. The van der Waals surface area contributed by atoms with Crippen molar-refractivity contribution in [2.24, 2.45) is 12.8 Å². The zero-order valence-corrected chi connectivity index (χ0v) is 9.31. The molecule has 4 heteroatoms. The molecule has 0 amide bonds. The van der Waals surface area contributed by atoms with E-state index in [1.54, 1.807) is 30.1 Å². The van der Waals surface area contributed by atoms with Crippen molar-refractivity contribution in [1.29, 1.82) is 0 Å². The molecule has 0 saturated heterocycles. The van der Waals surface area contributed by atoms with Crippen LogP contribution in [0.3, 0.4) is 0 Å². The summed E-state index contributed by atoms with van der Waals surface area (Å²) >= 11 is 0. The van der Waals surface area contributed by atoms with Gasteiger partial charge in [-0.05, 0) is 30.7 Å². The summed E-state index contributed by atoms with van der Waals surface area (Å²) in [5.41, 5.74) is 7.80. The minimum absolute atomic E-state index is 0.157. The highest BCUT2D eigenvalue weighted by atomic mass is 19.1. The van der Waals surface area contributed by atoms with Crippen molar-refractivity contribution < 1.29 is 4.39 Å². The van der Waals surface area contributed by atoms with Crippen LogP contribution in [0.25, 0.3) is 11.3 Å². The van der Waals surface area contributed by atoms with E-state index in [1.807, 2.05) is 13.0 Å². The van der Waals surface area contributed by atoms with Gasteiger partial charge in [0, 0.05) is 24.8 Å². The first kappa shape index (κ1) is 10.8. The lowest BCUT2D eigenvalue weighted by atomic mass is 10.0. The predicted molar refractivity (Wildman–Crippen MR) is 61.2 cm³/mol. The summed E-state index contributed by atoms with van der Waals surface area (Å²) < 4.78 is 15.5. The monoisotopic (exact) mass is 219 g/mol. The van der Waals surface area contributed by atoms with Gasteiger partial charge in [-0.15, -0.1) is 0 Å². The summed E-state index contributed by atoms with van der Waals surface area (Å²) in [6, 6.07) is 6.69. The smallest absolute Gasteiger partial charge is 0.132 e. The van der Waals surface area contributed by atoms with Gasteiger partial charge in [0.1, 0.15) is 5.82 Å². The molecule has 2 N–H and O–H groups in total. The Morgan fingerprint density at radius 2 is 2.12 bits per heavy atom. The van der Waals surface area contributed by atoms with Crippen LogP contribution >= 0.6 is 0 Å². The van der Waals surface area contributed by atoms with Crippen molar-refractivity contribution in [2.45, 2.75) is 13.0 Å². The lowest BCUT2D eigenvalue weighted by Gasteiger charge is -2.08. The number of benzene rings is 1. The van der Waals surface area contributed by atoms with E-state index in [2.05, 4.69) is 5.10 Å². The van der Waals surface area contributed by atoms with Crippen molar-refractivity contribution in [3.05, 3.63) is 41.8 Å². The first-order valence-corrected chi connectivity index (χ1v) is 5.13. The molecule has 1 heterocycles. The van der Waals surface area contributed by atoms with Crippen LogP contribution in [-0.2, 0) is 7.05 Å². The van der Waals surface area contributed by atoms with E-state index in [-0.39, 0.29) is 11.9 Å². The fourth-order valence-corrected chi connectivity index (χ4v) is 1.66. The van der Waals surface area contributed by atoms with E-state index in [0.717, 1.165) is 11.3 Å². The summed E-state index contributed by atoms with van der Waals surface area (Å²) in [6.45, 7) is 1.83. The van der Waals surface area contributed by atoms with Crippen molar-refractivity contribution in [3.8, 4) is 11.3 Å². The average molecular weight is 219 g/mol. The fraction of sp³-hybridized carbons (Fsp3) is 0.250. The zero-order valence-electron chi connectivity index (χ0n) is 9.31. The van der Waals surface area contributed by atoms with Crippen LogP contribution in [0.4, 0.5) is 4.39 Å². The first-order valence-electron chi connectivity index (χ1n) is 5.13. The maximum atomic E-state index is 13.9. The van der Waals surface area contributed by atoms with Crippen LogP contribution in [0, 0.1) is 5.82 Å². The van der Waals surface area contributed by atoms with Crippen molar-refractivity contribution in [3.63, 3.8) is 0 Å². The molecule has 3 nitrogen and oxygen atoms in total. The Morgan fingerprint density at radius 3 is 2.62 bits per heavy atom. The van der Waals surface area contributed by atoms with Crippen LogP contribution in [-0.4, -0.2) is 9.78 Å². The van der Waals surface area contributed by atoms with Crippen LogP contribution in [0.1, 0.15) is 18.5 Å². The van der Waals surface area contributed by atoms with E-state index < -0.39 is 0 Å². The highest BCUT2D eigenvalue weighted by Crippen LogP contribution is 2.24. The van der Waals surface area contributed by atoms with E-state index in [1.165, 1.54) is 6.07 Å². The second-order valence-corrected chi connectivity index (χ2v) is 3.87. The van der Waals surface area contributed by atoms with Gasteiger partial charge in [0.05, 0.1) is 5.69 Å². The SMILES string of the molecule is C[C@H](N)c1ccc(-c2ccnn2C)c(F)c1. The molecule has 0 aliphatic carbocycles. The van der Waals surface area contributed by atoms with Gasteiger partial charge in [0.2, 0.25) is 0 Å². The van der Waals surface area contributed by atoms with Crippen molar-refractivity contribution in [2.75, 3.05) is 0 Å². The molecule has 0 aliphatic heterocycles. The third-order valence-electron chi connectivity index (χ3n) is 2.62. The number of aromatic nitrogens is 2. The summed E-state index contributed by atoms with van der Waals surface area (Å²) in [4.78, 5) is 0. The van der Waals surface area contributed by atoms with Crippen LogP contribution in [0.15, 0.2) is 30.5 Å². The van der Waals surface area contributed by atoms with Crippen LogP contribution in [0.2, 0.25) is 0 Å². The van der Waals surface area contributed by atoms with Gasteiger partial charge in [0.25, 0.3) is 0 Å². The quantitative estimate of drug-likeness (QED) is 0.841. The molecule has 1 aromatic heterocycles. The predicted octanol–water partition coefficient (Wildman–Crippen LogP) is 2.25. The van der Waals surface area contributed by atoms with Gasteiger partial charge in [-0.3, -0.25) is 4.68 Å². The van der Waals surface area contributed by atoms with Gasteiger partial charge in [-0.25, -0.2) is 4.39 Å². The molecule has 84 valence electrons. The maximum Gasteiger partial charge on any atom is 0.132 e. The van der Waals surface area contributed by atoms with Gasteiger partial charge < -0.3 is 5.73 Å². The first-order chi connectivity index (χ1) is 7.59. The third-order valence-corrected chi connectivity index (χ3v) is 2.62. The van der Waals surface area contributed by atoms with Gasteiger partial charge in [-0.1, -0.05) is 6.07 Å². The van der Waals surface area contributed by atoms with E-state index in [0.29, 0.717) is 5.56 Å².